The highest BCUT2D eigenvalue weighted by molar-refractivity contribution is 5.77. The topological polar surface area (TPSA) is 54.5 Å². The molecule has 0 unspecified atom stereocenters. The monoisotopic (exact) mass is 249 g/mol. The standard InChI is InChI=1S/C13H19N3O2/c1-18-10-13(17)15-9-11-4-5-12(14-8-11)16-6-2-3-7-16/h4-5,8H,2-3,6-7,9-10H2,1H3,(H,15,17). The van der Waals surface area contributed by atoms with E-state index in [1.165, 1.54) is 20.0 Å². The van der Waals surface area contributed by atoms with Crippen LogP contribution in [0.25, 0.3) is 0 Å². The number of pyridine rings is 1. The van der Waals surface area contributed by atoms with E-state index in [1.54, 1.807) is 0 Å². The summed E-state index contributed by atoms with van der Waals surface area (Å²) in [6, 6.07) is 4.02. The van der Waals surface area contributed by atoms with E-state index in [2.05, 4.69) is 15.2 Å². The average Bonchev–Trinajstić information content (AvgIpc) is 2.91. The minimum absolute atomic E-state index is 0.0965. The highest BCUT2D eigenvalue weighted by Crippen LogP contribution is 2.17. The molecule has 1 aliphatic rings. The van der Waals surface area contributed by atoms with Crippen LogP contribution in [0.4, 0.5) is 5.82 Å². The van der Waals surface area contributed by atoms with Crippen molar-refractivity contribution in [1.29, 1.82) is 0 Å². The molecule has 1 fully saturated rings. The average molecular weight is 249 g/mol. The van der Waals surface area contributed by atoms with Crippen LogP contribution in [0.2, 0.25) is 0 Å². The van der Waals surface area contributed by atoms with Gasteiger partial charge in [0.05, 0.1) is 0 Å². The number of hydrogen-bond acceptors (Lipinski definition) is 4. The lowest BCUT2D eigenvalue weighted by molar-refractivity contribution is -0.124. The largest absolute Gasteiger partial charge is 0.375 e. The lowest BCUT2D eigenvalue weighted by Crippen LogP contribution is -2.26. The number of ether oxygens (including phenoxy) is 1. The van der Waals surface area contributed by atoms with E-state index in [4.69, 9.17) is 4.74 Å². The number of rotatable bonds is 5. The summed E-state index contributed by atoms with van der Waals surface area (Å²) in [6.07, 6.45) is 4.31. The third kappa shape index (κ3) is 3.43. The first-order valence-corrected chi connectivity index (χ1v) is 6.25. The van der Waals surface area contributed by atoms with Gasteiger partial charge < -0.3 is 15.0 Å². The number of carbonyl (C=O) groups excluding carboxylic acids is 1. The summed E-state index contributed by atoms with van der Waals surface area (Å²) < 4.78 is 4.74. The zero-order valence-corrected chi connectivity index (χ0v) is 10.7. The fourth-order valence-electron chi connectivity index (χ4n) is 2.04. The number of anilines is 1. The van der Waals surface area contributed by atoms with E-state index in [-0.39, 0.29) is 12.5 Å². The summed E-state index contributed by atoms with van der Waals surface area (Å²) in [5.41, 5.74) is 1.00. The Bertz CT molecular complexity index is 386. The maximum absolute atomic E-state index is 11.2. The molecule has 0 aromatic carbocycles. The molecule has 1 saturated heterocycles. The Kier molecular flexibility index (Phi) is 4.52. The van der Waals surface area contributed by atoms with Crippen molar-refractivity contribution in [2.75, 3.05) is 31.7 Å². The zero-order valence-electron chi connectivity index (χ0n) is 10.7. The molecule has 18 heavy (non-hydrogen) atoms. The summed E-state index contributed by atoms with van der Waals surface area (Å²) >= 11 is 0. The van der Waals surface area contributed by atoms with E-state index in [0.29, 0.717) is 6.54 Å². The SMILES string of the molecule is COCC(=O)NCc1ccc(N2CCCC2)nc1. The fraction of sp³-hybridized carbons (Fsp3) is 0.538. The number of amides is 1. The minimum Gasteiger partial charge on any atom is -0.375 e. The minimum atomic E-state index is -0.110. The van der Waals surface area contributed by atoms with Crippen LogP contribution < -0.4 is 10.2 Å². The second-order valence-electron chi connectivity index (χ2n) is 4.43. The molecule has 5 nitrogen and oxygen atoms in total. The third-order valence-electron chi connectivity index (χ3n) is 3.00. The van der Waals surface area contributed by atoms with Crippen molar-refractivity contribution >= 4 is 11.7 Å². The summed E-state index contributed by atoms with van der Waals surface area (Å²) in [5.74, 6) is 0.917. The maximum Gasteiger partial charge on any atom is 0.246 e. The first-order valence-electron chi connectivity index (χ1n) is 6.25. The number of nitrogens with zero attached hydrogens (tertiary/aromatic N) is 2. The Balaban J connectivity index is 1.85. The summed E-state index contributed by atoms with van der Waals surface area (Å²) in [7, 11) is 1.51. The van der Waals surface area contributed by atoms with Crippen LogP contribution in [0.1, 0.15) is 18.4 Å². The van der Waals surface area contributed by atoms with Crippen LogP contribution in [0.15, 0.2) is 18.3 Å². The fourth-order valence-corrected chi connectivity index (χ4v) is 2.04. The summed E-state index contributed by atoms with van der Waals surface area (Å²) in [6.45, 7) is 2.78. The molecule has 98 valence electrons. The van der Waals surface area contributed by atoms with E-state index >= 15 is 0 Å². The Labute approximate surface area is 107 Å². The Hall–Kier alpha value is -1.62. The lowest BCUT2D eigenvalue weighted by atomic mass is 10.2. The number of carbonyl (C=O) groups is 1. The van der Waals surface area contributed by atoms with Gasteiger partial charge in [0.1, 0.15) is 12.4 Å². The molecule has 0 radical (unpaired) electrons. The van der Waals surface area contributed by atoms with Gasteiger partial charge in [-0.2, -0.15) is 0 Å². The first-order chi connectivity index (χ1) is 8.79. The Morgan fingerprint density at radius 3 is 2.83 bits per heavy atom. The van der Waals surface area contributed by atoms with E-state index in [0.717, 1.165) is 24.5 Å². The van der Waals surface area contributed by atoms with Crippen molar-refractivity contribution in [2.24, 2.45) is 0 Å². The van der Waals surface area contributed by atoms with Crippen molar-refractivity contribution < 1.29 is 9.53 Å². The molecule has 1 aliphatic heterocycles. The molecule has 0 bridgehead atoms. The zero-order chi connectivity index (χ0) is 12.8. The molecule has 2 rings (SSSR count). The number of methoxy groups -OCH3 is 1. The number of aromatic nitrogens is 1. The number of nitrogens with one attached hydrogen (secondary N) is 1. The van der Waals surface area contributed by atoms with Crippen molar-refractivity contribution in [1.82, 2.24) is 10.3 Å². The normalized spacial score (nSPS) is 14.8. The molecule has 0 spiro atoms. The van der Waals surface area contributed by atoms with Gasteiger partial charge in [-0.1, -0.05) is 6.07 Å². The van der Waals surface area contributed by atoms with Crippen molar-refractivity contribution in [2.45, 2.75) is 19.4 Å². The molecule has 1 aromatic rings. The van der Waals surface area contributed by atoms with Gasteiger partial charge >= 0.3 is 0 Å². The predicted molar refractivity (Wildman–Crippen MR) is 69.4 cm³/mol. The van der Waals surface area contributed by atoms with Gasteiger partial charge in [0.25, 0.3) is 0 Å². The van der Waals surface area contributed by atoms with E-state index in [9.17, 15) is 4.79 Å². The van der Waals surface area contributed by atoms with Crippen LogP contribution in [0, 0.1) is 0 Å². The summed E-state index contributed by atoms with van der Waals surface area (Å²) in [5, 5.41) is 2.77. The first kappa shape index (κ1) is 12.8. The molecule has 1 amide bonds. The van der Waals surface area contributed by atoms with Gasteiger partial charge in [-0.3, -0.25) is 4.79 Å². The molecule has 0 saturated carbocycles. The van der Waals surface area contributed by atoms with Crippen molar-refractivity contribution in [3.8, 4) is 0 Å². The molecular weight excluding hydrogens is 230 g/mol. The molecule has 5 heteroatoms. The Morgan fingerprint density at radius 1 is 1.44 bits per heavy atom. The summed E-state index contributed by atoms with van der Waals surface area (Å²) in [4.78, 5) is 17.9. The van der Waals surface area contributed by atoms with Crippen molar-refractivity contribution in [3.63, 3.8) is 0 Å². The highest BCUT2D eigenvalue weighted by atomic mass is 16.5. The molecule has 2 heterocycles. The van der Waals surface area contributed by atoms with Gasteiger partial charge in [0.2, 0.25) is 5.91 Å². The second kappa shape index (κ2) is 6.35. The molecule has 0 aliphatic carbocycles. The van der Waals surface area contributed by atoms with E-state index in [1.807, 2.05) is 18.3 Å². The lowest BCUT2D eigenvalue weighted by Gasteiger charge is -2.16. The van der Waals surface area contributed by atoms with Crippen LogP contribution in [0.5, 0.6) is 0 Å². The van der Waals surface area contributed by atoms with Crippen molar-refractivity contribution in [3.05, 3.63) is 23.9 Å². The molecular formula is C13H19N3O2. The van der Waals surface area contributed by atoms with E-state index < -0.39 is 0 Å². The van der Waals surface area contributed by atoms with Crippen LogP contribution >= 0.6 is 0 Å². The predicted octanol–water partition coefficient (Wildman–Crippen LogP) is 0.944. The second-order valence-corrected chi connectivity index (χ2v) is 4.43. The third-order valence-corrected chi connectivity index (χ3v) is 3.00. The quantitative estimate of drug-likeness (QED) is 0.844. The smallest absolute Gasteiger partial charge is 0.246 e. The number of hydrogen-bond donors (Lipinski definition) is 1. The maximum atomic E-state index is 11.2. The van der Waals surface area contributed by atoms with Gasteiger partial charge in [0.15, 0.2) is 0 Å². The Morgan fingerprint density at radius 2 is 2.22 bits per heavy atom. The van der Waals surface area contributed by atoms with Crippen LogP contribution in [0.3, 0.4) is 0 Å². The van der Waals surface area contributed by atoms with Gasteiger partial charge in [-0.05, 0) is 24.5 Å². The molecule has 1 aromatic heterocycles. The highest BCUT2D eigenvalue weighted by Gasteiger charge is 2.12. The van der Waals surface area contributed by atoms with Gasteiger partial charge in [0, 0.05) is 32.9 Å². The van der Waals surface area contributed by atoms with Gasteiger partial charge in [-0.25, -0.2) is 4.98 Å². The van der Waals surface area contributed by atoms with Crippen LogP contribution in [-0.2, 0) is 16.1 Å². The van der Waals surface area contributed by atoms with Crippen LogP contribution in [-0.4, -0.2) is 37.7 Å². The van der Waals surface area contributed by atoms with Gasteiger partial charge in [-0.15, -0.1) is 0 Å². The molecule has 0 atom stereocenters. The molecule has 1 N–H and O–H groups in total.